The van der Waals surface area contributed by atoms with Gasteiger partial charge in [0.25, 0.3) is 11.8 Å². The molecule has 2 aliphatic rings. The van der Waals surface area contributed by atoms with Gasteiger partial charge in [0.1, 0.15) is 12.1 Å². The molecule has 8 nitrogen and oxygen atoms in total. The molecule has 1 heterocycles. The molecule has 3 rings (SSSR count). The molecule has 1 saturated heterocycles. The minimum atomic E-state index is -0.912. The van der Waals surface area contributed by atoms with E-state index in [1.54, 1.807) is 0 Å². The number of rotatable bonds is 7. The van der Waals surface area contributed by atoms with Gasteiger partial charge in [0, 0.05) is 6.54 Å². The molecule has 2 N–H and O–H groups in total. The smallest absolute Gasteiger partial charge is 0.326 e. The second kappa shape index (κ2) is 9.07. The lowest BCUT2D eigenvalue weighted by Gasteiger charge is -2.36. The molecule has 29 heavy (non-hydrogen) atoms. The molecule has 0 bridgehead atoms. The third kappa shape index (κ3) is 4.75. The van der Waals surface area contributed by atoms with Crippen LogP contribution in [0.5, 0.6) is 0 Å². The molecule has 1 spiro atoms. The number of nitrogens with zero attached hydrogens (tertiary/aromatic N) is 1. The van der Waals surface area contributed by atoms with Gasteiger partial charge in [-0.3, -0.25) is 19.3 Å². The number of ether oxygens (including phenoxy) is 1. The van der Waals surface area contributed by atoms with Crippen molar-refractivity contribution in [3.8, 4) is 0 Å². The van der Waals surface area contributed by atoms with Gasteiger partial charge in [0.05, 0.1) is 0 Å². The Balaban J connectivity index is 1.42. The van der Waals surface area contributed by atoms with E-state index in [9.17, 15) is 19.2 Å². The minimum Gasteiger partial charge on any atom is -0.454 e. The van der Waals surface area contributed by atoms with Crippen molar-refractivity contribution in [3.63, 3.8) is 0 Å². The summed E-state index contributed by atoms with van der Waals surface area (Å²) in [5.74, 6) is -1.57. The Morgan fingerprint density at radius 3 is 2.72 bits per heavy atom. The third-order valence-corrected chi connectivity index (χ3v) is 5.73. The summed E-state index contributed by atoms with van der Waals surface area (Å²) in [5.41, 5.74) is 0.180. The molecule has 1 aliphatic heterocycles. The van der Waals surface area contributed by atoms with Crippen LogP contribution in [0, 0.1) is 5.92 Å². The maximum atomic E-state index is 12.8. The van der Waals surface area contributed by atoms with E-state index in [2.05, 4.69) is 10.6 Å². The molecular formula is C21H27N3O5. The van der Waals surface area contributed by atoms with Crippen molar-refractivity contribution in [1.29, 1.82) is 0 Å². The maximum Gasteiger partial charge on any atom is 0.326 e. The van der Waals surface area contributed by atoms with E-state index in [1.807, 2.05) is 37.3 Å². The second-order valence-electron chi connectivity index (χ2n) is 7.69. The van der Waals surface area contributed by atoms with Crippen molar-refractivity contribution >= 4 is 23.8 Å². The normalized spacial score (nSPS) is 23.8. The highest BCUT2D eigenvalue weighted by Crippen LogP contribution is 2.38. The summed E-state index contributed by atoms with van der Waals surface area (Å²) in [7, 11) is 0. The first-order valence-corrected chi connectivity index (χ1v) is 10.0. The number of imide groups is 1. The summed E-state index contributed by atoms with van der Waals surface area (Å²) in [6.07, 6.45) is 3.98. The number of hydrogen-bond acceptors (Lipinski definition) is 5. The van der Waals surface area contributed by atoms with Crippen molar-refractivity contribution < 1.29 is 23.9 Å². The lowest BCUT2D eigenvalue weighted by Crippen LogP contribution is -2.54. The average molecular weight is 401 g/mol. The Labute approximate surface area is 170 Å². The fourth-order valence-corrected chi connectivity index (χ4v) is 4.00. The highest BCUT2D eigenvalue weighted by Gasteiger charge is 2.55. The zero-order valence-electron chi connectivity index (χ0n) is 16.6. The minimum absolute atomic E-state index is 0.0177. The van der Waals surface area contributed by atoms with Gasteiger partial charge in [-0.05, 0) is 30.7 Å². The molecular weight excluding hydrogens is 374 g/mol. The zero-order valence-corrected chi connectivity index (χ0v) is 16.6. The van der Waals surface area contributed by atoms with Gasteiger partial charge in [0.2, 0.25) is 0 Å². The van der Waals surface area contributed by atoms with Crippen LogP contribution in [-0.2, 0) is 25.5 Å². The quantitative estimate of drug-likeness (QED) is 0.531. The predicted octanol–water partition coefficient (Wildman–Crippen LogP) is 1.39. The van der Waals surface area contributed by atoms with Crippen LogP contribution < -0.4 is 10.6 Å². The Hall–Kier alpha value is -2.90. The number of nitrogens with one attached hydrogen (secondary N) is 2. The van der Waals surface area contributed by atoms with Crippen LogP contribution in [0.15, 0.2) is 30.3 Å². The molecule has 1 saturated carbocycles. The van der Waals surface area contributed by atoms with Crippen LogP contribution in [-0.4, -0.2) is 54.0 Å². The van der Waals surface area contributed by atoms with Gasteiger partial charge in [0.15, 0.2) is 6.61 Å². The number of esters is 1. The van der Waals surface area contributed by atoms with E-state index in [0.29, 0.717) is 19.4 Å². The molecule has 0 radical (unpaired) electrons. The van der Waals surface area contributed by atoms with E-state index in [1.165, 1.54) is 0 Å². The van der Waals surface area contributed by atoms with Crippen molar-refractivity contribution in [2.45, 2.75) is 44.6 Å². The maximum absolute atomic E-state index is 12.8. The van der Waals surface area contributed by atoms with Crippen LogP contribution in [0.1, 0.15) is 38.2 Å². The Kier molecular flexibility index (Phi) is 6.51. The number of amides is 4. The van der Waals surface area contributed by atoms with E-state index in [0.717, 1.165) is 29.7 Å². The average Bonchev–Trinajstić information content (AvgIpc) is 2.94. The number of hydrogen-bond donors (Lipinski definition) is 2. The van der Waals surface area contributed by atoms with Gasteiger partial charge in [-0.25, -0.2) is 4.79 Å². The van der Waals surface area contributed by atoms with E-state index in [4.69, 9.17) is 4.74 Å². The molecule has 1 aromatic carbocycles. The summed E-state index contributed by atoms with van der Waals surface area (Å²) < 4.78 is 4.94. The Morgan fingerprint density at radius 1 is 1.24 bits per heavy atom. The molecule has 1 aliphatic carbocycles. The third-order valence-electron chi connectivity index (χ3n) is 5.73. The van der Waals surface area contributed by atoms with Gasteiger partial charge in [-0.2, -0.15) is 0 Å². The lowest BCUT2D eigenvalue weighted by atomic mass is 9.73. The molecule has 4 amide bonds. The summed E-state index contributed by atoms with van der Waals surface area (Å²) in [6, 6.07) is 9.12. The van der Waals surface area contributed by atoms with E-state index < -0.39 is 36.6 Å². The highest BCUT2D eigenvalue weighted by molar-refractivity contribution is 6.09. The Bertz CT molecular complexity index is 782. The van der Waals surface area contributed by atoms with Crippen LogP contribution >= 0.6 is 0 Å². The van der Waals surface area contributed by atoms with E-state index >= 15 is 0 Å². The Morgan fingerprint density at radius 2 is 2.00 bits per heavy atom. The predicted molar refractivity (Wildman–Crippen MR) is 105 cm³/mol. The van der Waals surface area contributed by atoms with Crippen LogP contribution in [0.4, 0.5) is 4.79 Å². The number of carbonyl (C=O) groups excluding carboxylic acids is 4. The number of benzene rings is 1. The standard InChI is InChI=1S/C21H27N3O5/c1-15-7-5-6-11-21(15)19(27)24(20(28)23-21)13-18(26)29-14-17(25)22-12-10-16-8-3-2-4-9-16/h2-4,8-9,15H,5-7,10-14H2,1H3,(H,22,25)(H,23,28)/t15-,21+/m1/s1. The van der Waals surface area contributed by atoms with Crippen LogP contribution in [0.25, 0.3) is 0 Å². The van der Waals surface area contributed by atoms with Gasteiger partial charge >= 0.3 is 12.0 Å². The van der Waals surface area contributed by atoms with Crippen LogP contribution in [0.3, 0.4) is 0 Å². The molecule has 2 fully saturated rings. The first-order chi connectivity index (χ1) is 13.9. The first-order valence-electron chi connectivity index (χ1n) is 10.0. The first kappa shape index (κ1) is 20.8. The van der Waals surface area contributed by atoms with Gasteiger partial charge in [-0.1, -0.05) is 50.1 Å². The summed E-state index contributed by atoms with van der Waals surface area (Å²) in [4.78, 5) is 49.9. The molecule has 0 unspecified atom stereocenters. The fraction of sp³-hybridized carbons (Fsp3) is 0.524. The lowest BCUT2D eigenvalue weighted by molar-refractivity contribution is -0.151. The van der Waals surface area contributed by atoms with Crippen molar-refractivity contribution in [1.82, 2.24) is 15.5 Å². The molecule has 8 heteroatoms. The second-order valence-corrected chi connectivity index (χ2v) is 7.69. The summed E-state index contributed by atoms with van der Waals surface area (Å²) >= 11 is 0. The number of urea groups is 1. The van der Waals surface area contributed by atoms with Gasteiger partial charge in [-0.15, -0.1) is 0 Å². The van der Waals surface area contributed by atoms with Crippen LogP contribution in [0.2, 0.25) is 0 Å². The molecule has 2 atom stereocenters. The summed E-state index contributed by atoms with van der Waals surface area (Å²) in [5, 5.41) is 5.46. The topological polar surface area (TPSA) is 105 Å². The highest BCUT2D eigenvalue weighted by atomic mass is 16.5. The SMILES string of the molecule is C[C@@H]1CCCC[C@]12NC(=O)N(CC(=O)OCC(=O)NCCc1ccccc1)C2=O. The number of carbonyl (C=O) groups is 4. The van der Waals surface area contributed by atoms with Crippen molar-refractivity contribution in [2.24, 2.45) is 5.92 Å². The fourth-order valence-electron chi connectivity index (χ4n) is 4.00. The monoisotopic (exact) mass is 401 g/mol. The van der Waals surface area contributed by atoms with Crippen molar-refractivity contribution in [2.75, 3.05) is 19.7 Å². The van der Waals surface area contributed by atoms with Crippen molar-refractivity contribution in [3.05, 3.63) is 35.9 Å². The largest absolute Gasteiger partial charge is 0.454 e. The summed E-state index contributed by atoms with van der Waals surface area (Å²) in [6.45, 7) is 1.43. The zero-order chi connectivity index (χ0) is 20.9. The molecule has 156 valence electrons. The molecule has 0 aromatic heterocycles. The van der Waals surface area contributed by atoms with Gasteiger partial charge < -0.3 is 15.4 Å². The van der Waals surface area contributed by atoms with E-state index in [-0.39, 0.29) is 11.8 Å². The molecule has 1 aromatic rings.